The quantitative estimate of drug-likeness (QED) is 0.839. The lowest BCUT2D eigenvalue weighted by molar-refractivity contribution is 0.687. The lowest BCUT2D eigenvalue weighted by atomic mass is 9.90. The van der Waals surface area contributed by atoms with Crippen molar-refractivity contribution in [2.24, 2.45) is 0 Å². The number of hydrogen-bond donors (Lipinski definition) is 1. The van der Waals surface area contributed by atoms with Gasteiger partial charge < -0.3 is 5.32 Å². The lowest BCUT2D eigenvalue weighted by Crippen LogP contribution is -2.07. The molecular formula is C14H14IN3. The van der Waals surface area contributed by atoms with Crippen LogP contribution in [0.25, 0.3) is 0 Å². The minimum atomic E-state index is 0.675. The SMILES string of the molecule is Ic1cnc(Nc2cccc3c2CCCC3)nc1. The van der Waals surface area contributed by atoms with E-state index in [1.54, 1.807) is 0 Å². The van der Waals surface area contributed by atoms with Gasteiger partial charge >= 0.3 is 0 Å². The summed E-state index contributed by atoms with van der Waals surface area (Å²) in [6.07, 6.45) is 8.58. The Morgan fingerprint density at radius 2 is 1.83 bits per heavy atom. The molecule has 0 fully saturated rings. The Kier molecular flexibility index (Phi) is 3.45. The van der Waals surface area contributed by atoms with Gasteiger partial charge in [-0.3, -0.25) is 0 Å². The van der Waals surface area contributed by atoms with E-state index >= 15 is 0 Å². The highest BCUT2D eigenvalue weighted by atomic mass is 127. The van der Waals surface area contributed by atoms with Gasteiger partial charge in [0, 0.05) is 21.7 Å². The predicted molar refractivity (Wildman–Crippen MR) is 81.1 cm³/mol. The standard InChI is InChI=1S/C14H14IN3/c15-11-8-16-14(17-9-11)18-13-7-3-5-10-4-1-2-6-12(10)13/h3,5,7-9H,1-2,4,6H2,(H,16,17,18). The van der Waals surface area contributed by atoms with Crippen molar-refractivity contribution in [3.63, 3.8) is 0 Å². The maximum atomic E-state index is 4.29. The third kappa shape index (κ3) is 2.48. The van der Waals surface area contributed by atoms with E-state index in [2.05, 4.69) is 56.1 Å². The number of aryl methyl sites for hydroxylation is 1. The summed E-state index contributed by atoms with van der Waals surface area (Å²) >= 11 is 2.21. The molecule has 2 aromatic rings. The van der Waals surface area contributed by atoms with Crippen molar-refractivity contribution in [3.8, 4) is 0 Å². The number of nitrogens with zero attached hydrogens (tertiary/aromatic N) is 2. The van der Waals surface area contributed by atoms with Crippen molar-refractivity contribution in [1.29, 1.82) is 0 Å². The van der Waals surface area contributed by atoms with Gasteiger partial charge in [-0.05, 0) is 65.5 Å². The zero-order valence-corrected chi connectivity index (χ0v) is 12.1. The third-order valence-corrected chi connectivity index (χ3v) is 3.82. The topological polar surface area (TPSA) is 37.8 Å². The highest BCUT2D eigenvalue weighted by molar-refractivity contribution is 14.1. The molecule has 0 spiro atoms. The molecule has 0 saturated heterocycles. The molecule has 1 heterocycles. The molecule has 0 atom stereocenters. The minimum Gasteiger partial charge on any atom is -0.324 e. The second-order valence-corrected chi connectivity index (χ2v) is 5.75. The van der Waals surface area contributed by atoms with Crippen LogP contribution in [0.1, 0.15) is 24.0 Å². The molecule has 18 heavy (non-hydrogen) atoms. The number of hydrogen-bond acceptors (Lipinski definition) is 3. The molecule has 0 aliphatic heterocycles. The maximum absolute atomic E-state index is 4.29. The average molecular weight is 351 g/mol. The van der Waals surface area contributed by atoms with E-state index < -0.39 is 0 Å². The molecule has 0 unspecified atom stereocenters. The molecule has 3 rings (SSSR count). The van der Waals surface area contributed by atoms with Crippen molar-refractivity contribution >= 4 is 34.2 Å². The fourth-order valence-corrected chi connectivity index (χ4v) is 2.67. The largest absolute Gasteiger partial charge is 0.324 e. The molecule has 3 nitrogen and oxygen atoms in total. The molecule has 1 N–H and O–H groups in total. The summed E-state index contributed by atoms with van der Waals surface area (Å²) in [5.41, 5.74) is 4.07. The van der Waals surface area contributed by atoms with E-state index in [9.17, 15) is 0 Å². The number of aromatic nitrogens is 2. The molecule has 1 aliphatic carbocycles. The van der Waals surface area contributed by atoms with Gasteiger partial charge in [-0.15, -0.1) is 0 Å². The summed E-state index contributed by atoms with van der Waals surface area (Å²) in [6.45, 7) is 0. The number of nitrogens with one attached hydrogen (secondary N) is 1. The first kappa shape index (κ1) is 11.9. The van der Waals surface area contributed by atoms with Crippen LogP contribution < -0.4 is 5.32 Å². The van der Waals surface area contributed by atoms with Crippen molar-refractivity contribution in [1.82, 2.24) is 9.97 Å². The van der Waals surface area contributed by atoms with Crippen LogP contribution in [0.5, 0.6) is 0 Å². The number of rotatable bonds is 2. The highest BCUT2D eigenvalue weighted by Crippen LogP contribution is 2.29. The van der Waals surface area contributed by atoms with Crippen molar-refractivity contribution in [3.05, 3.63) is 45.3 Å². The molecule has 4 heteroatoms. The molecule has 1 aliphatic rings. The predicted octanol–water partition coefficient (Wildman–Crippen LogP) is 3.70. The van der Waals surface area contributed by atoms with E-state index in [0.29, 0.717) is 5.95 Å². The lowest BCUT2D eigenvalue weighted by Gasteiger charge is -2.19. The molecular weight excluding hydrogens is 337 g/mol. The Balaban J connectivity index is 1.90. The fraction of sp³-hybridized carbons (Fsp3) is 0.286. The molecule has 1 aromatic carbocycles. The van der Waals surface area contributed by atoms with Gasteiger partial charge in [-0.2, -0.15) is 0 Å². The van der Waals surface area contributed by atoms with E-state index in [-0.39, 0.29) is 0 Å². The first-order chi connectivity index (χ1) is 8.83. The second-order valence-electron chi connectivity index (χ2n) is 4.50. The van der Waals surface area contributed by atoms with Gasteiger partial charge in [-0.1, -0.05) is 12.1 Å². The summed E-state index contributed by atoms with van der Waals surface area (Å²) in [6, 6.07) is 6.46. The van der Waals surface area contributed by atoms with Crippen molar-refractivity contribution in [2.45, 2.75) is 25.7 Å². The average Bonchev–Trinajstić information content (AvgIpc) is 2.42. The highest BCUT2D eigenvalue weighted by Gasteiger charge is 2.13. The van der Waals surface area contributed by atoms with Crippen LogP contribution in [0.3, 0.4) is 0 Å². The van der Waals surface area contributed by atoms with Crippen LogP contribution in [0.4, 0.5) is 11.6 Å². The zero-order valence-electron chi connectivity index (χ0n) is 9.99. The molecule has 0 radical (unpaired) electrons. The molecule has 92 valence electrons. The maximum Gasteiger partial charge on any atom is 0.227 e. The van der Waals surface area contributed by atoms with Crippen LogP contribution in [-0.2, 0) is 12.8 Å². The van der Waals surface area contributed by atoms with E-state index in [4.69, 9.17) is 0 Å². The van der Waals surface area contributed by atoms with Crippen molar-refractivity contribution < 1.29 is 0 Å². The molecule has 0 bridgehead atoms. The number of halogens is 1. The molecule has 0 saturated carbocycles. The Labute approximate surface area is 120 Å². The molecule has 0 amide bonds. The van der Waals surface area contributed by atoms with Crippen LogP contribution >= 0.6 is 22.6 Å². The van der Waals surface area contributed by atoms with Gasteiger partial charge in [0.15, 0.2) is 0 Å². The first-order valence-corrected chi connectivity index (χ1v) is 7.26. The number of fused-ring (bicyclic) bond motifs is 1. The summed E-state index contributed by atoms with van der Waals surface area (Å²) in [4.78, 5) is 8.59. The minimum absolute atomic E-state index is 0.675. The summed E-state index contributed by atoms with van der Waals surface area (Å²) in [5.74, 6) is 0.675. The third-order valence-electron chi connectivity index (χ3n) is 3.26. The van der Waals surface area contributed by atoms with Crippen LogP contribution in [0.2, 0.25) is 0 Å². The normalized spacial score (nSPS) is 14.1. The summed E-state index contributed by atoms with van der Waals surface area (Å²) in [7, 11) is 0. The van der Waals surface area contributed by atoms with Crippen LogP contribution in [0, 0.1) is 3.57 Å². The number of benzene rings is 1. The van der Waals surface area contributed by atoms with Gasteiger partial charge in [-0.25, -0.2) is 9.97 Å². The van der Waals surface area contributed by atoms with Gasteiger partial charge in [0.2, 0.25) is 5.95 Å². The Bertz CT molecular complexity index is 551. The Morgan fingerprint density at radius 1 is 1.06 bits per heavy atom. The summed E-state index contributed by atoms with van der Waals surface area (Å²) < 4.78 is 1.05. The first-order valence-electron chi connectivity index (χ1n) is 6.18. The molecule has 1 aromatic heterocycles. The smallest absolute Gasteiger partial charge is 0.227 e. The van der Waals surface area contributed by atoms with Gasteiger partial charge in [0.05, 0.1) is 0 Å². The van der Waals surface area contributed by atoms with Crippen LogP contribution in [0.15, 0.2) is 30.6 Å². The van der Waals surface area contributed by atoms with Crippen LogP contribution in [-0.4, -0.2) is 9.97 Å². The Hall–Kier alpha value is -1.17. The fourth-order valence-electron chi connectivity index (χ4n) is 2.40. The van der Waals surface area contributed by atoms with E-state index in [1.807, 2.05) is 12.4 Å². The zero-order chi connectivity index (χ0) is 12.4. The van der Waals surface area contributed by atoms with Crippen molar-refractivity contribution in [2.75, 3.05) is 5.32 Å². The Morgan fingerprint density at radius 3 is 2.67 bits per heavy atom. The summed E-state index contributed by atoms with van der Waals surface area (Å²) in [5, 5.41) is 3.33. The van der Waals surface area contributed by atoms with Gasteiger partial charge in [0.25, 0.3) is 0 Å². The van der Waals surface area contributed by atoms with E-state index in [0.717, 1.165) is 15.7 Å². The monoisotopic (exact) mass is 351 g/mol. The van der Waals surface area contributed by atoms with Gasteiger partial charge in [0.1, 0.15) is 0 Å². The number of anilines is 2. The van der Waals surface area contributed by atoms with E-state index in [1.165, 1.54) is 30.4 Å². The second kappa shape index (κ2) is 5.22.